The molecule has 1 saturated carbocycles. The van der Waals surface area contributed by atoms with Gasteiger partial charge < -0.3 is 10.4 Å². The summed E-state index contributed by atoms with van der Waals surface area (Å²) in [6, 6.07) is 11.6. The average molecular weight is 369 g/mol. The second-order valence-corrected chi connectivity index (χ2v) is 7.85. The molecule has 6 nitrogen and oxygen atoms in total. The molecule has 1 aliphatic rings. The first-order valence-electron chi connectivity index (χ1n) is 8.56. The van der Waals surface area contributed by atoms with E-state index in [-0.39, 0.29) is 12.3 Å². The Bertz CT molecular complexity index is 986. The van der Waals surface area contributed by atoms with E-state index in [4.69, 9.17) is 5.11 Å². The van der Waals surface area contributed by atoms with Gasteiger partial charge in [0.05, 0.1) is 28.2 Å². The molecule has 0 bridgehead atoms. The van der Waals surface area contributed by atoms with Crippen molar-refractivity contribution in [2.45, 2.75) is 38.1 Å². The number of benzene rings is 1. The number of hydrogen-bond donors (Lipinski definition) is 2. The number of nitrogens with one attached hydrogen (secondary N) is 1. The molecule has 1 aliphatic carbocycles. The third-order valence-electron chi connectivity index (χ3n) is 4.95. The molecule has 7 heteroatoms. The molecule has 0 aliphatic heterocycles. The Hall–Kier alpha value is -2.67. The maximum absolute atomic E-state index is 12.7. The second kappa shape index (κ2) is 6.25. The molecular weight excluding hydrogens is 350 g/mol. The van der Waals surface area contributed by atoms with Crippen LogP contribution in [-0.2, 0) is 4.79 Å². The van der Waals surface area contributed by atoms with E-state index in [0.29, 0.717) is 17.7 Å². The molecule has 1 fully saturated rings. The Labute approximate surface area is 154 Å². The molecule has 0 saturated heterocycles. The molecule has 0 unspecified atom stereocenters. The molecule has 4 rings (SSSR count). The van der Waals surface area contributed by atoms with Gasteiger partial charge in [-0.25, -0.2) is 4.68 Å². The number of fused-ring (bicyclic) bond motifs is 1. The van der Waals surface area contributed by atoms with Gasteiger partial charge in [0.15, 0.2) is 0 Å². The standard InChI is InChI=1S/C19H19N3O3S/c1-12-14-10-15(17(25)20-19(8-5-9-19)11-16(23)24)26-18(14)22(21-12)13-6-3-2-4-7-13/h2-4,6-7,10H,5,8-9,11H2,1H3,(H,20,25)(H,23,24). The predicted octanol–water partition coefficient (Wildman–Crippen LogP) is 3.52. The van der Waals surface area contributed by atoms with Crippen LogP contribution in [-0.4, -0.2) is 32.3 Å². The largest absolute Gasteiger partial charge is 0.481 e. The van der Waals surface area contributed by atoms with Gasteiger partial charge in [-0.2, -0.15) is 5.10 Å². The monoisotopic (exact) mass is 369 g/mol. The van der Waals surface area contributed by atoms with E-state index in [0.717, 1.165) is 28.0 Å². The van der Waals surface area contributed by atoms with E-state index in [1.807, 2.05) is 48.0 Å². The number of rotatable bonds is 5. The first-order chi connectivity index (χ1) is 12.5. The van der Waals surface area contributed by atoms with Crippen molar-refractivity contribution in [1.29, 1.82) is 0 Å². The molecule has 1 aromatic carbocycles. The Morgan fingerprint density at radius 2 is 2.04 bits per heavy atom. The molecule has 26 heavy (non-hydrogen) atoms. The van der Waals surface area contributed by atoms with Crippen LogP contribution >= 0.6 is 11.3 Å². The van der Waals surface area contributed by atoms with Crippen molar-refractivity contribution in [3.63, 3.8) is 0 Å². The Morgan fingerprint density at radius 1 is 1.31 bits per heavy atom. The maximum Gasteiger partial charge on any atom is 0.305 e. The smallest absolute Gasteiger partial charge is 0.305 e. The summed E-state index contributed by atoms with van der Waals surface area (Å²) in [4.78, 5) is 25.4. The lowest BCUT2D eigenvalue weighted by atomic mass is 9.74. The number of carbonyl (C=O) groups is 2. The number of carboxylic acids is 1. The van der Waals surface area contributed by atoms with E-state index in [2.05, 4.69) is 10.4 Å². The van der Waals surface area contributed by atoms with Gasteiger partial charge in [-0.3, -0.25) is 9.59 Å². The zero-order valence-electron chi connectivity index (χ0n) is 14.4. The van der Waals surface area contributed by atoms with E-state index in [9.17, 15) is 9.59 Å². The lowest BCUT2D eigenvalue weighted by Gasteiger charge is -2.41. The number of hydrogen-bond acceptors (Lipinski definition) is 4. The fourth-order valence-corrected chi connectivity index (χ4v) is 4.52. The van der Waals surface area contributed by atoms with Gasteiger partial charge in [0, 0.05) is 5.39 Å². The zero-order chi connectivity index (χ0) is 18.3. The van der Waals surface area contributed by atoms with Crippen LogP contribution in [0.15, 0.2) is 36.4 Å². The summed E-state index contributed by atoms with van der Waals surface area (Å²) in [6.07, 6.45) is 2.35. The quantitative estimate of drug-likeness (QED) is 0.721. The van der Waals surface area contributed by atoms with E-state index >= 15 is 0 Å². The van der Waals surface area contributed by atoms with Crippen molar-refractivity contribution < 1.29 is 14.7 Å². The Morgan fingerprint density at radius 3 is 2.65 bits per heavy atom. The van der Waals surface area contributed by atoms with Crippen LogP contribution in [0.25, 0.3) is 15.9 Å². The molecule has 0 radical (unpaired) electrons. The topological polar surface area (TPSA) is 84.2 Å². The zero-order valence-corrected chi connectivity index (χ0v) is 15.2. The van der Waals surface area contributed by atoms with Gasteiger partial charge in [0.1, 0.15) is 4.83 Å². The molecule has 2 N–H and O–H groups in total. The first-order valence-corrected chi connectivity index (χ1v) is 9.38. The molecule has 2 aromatic heterocycles. The van der Waals surface area contributed by atoms with Crippen LogP contribution in [0.3, 0.4) is 0 Å². The predicted molar refractivity (Wildman–Crippen MR) is 100.0 cm³/mol. The summed E-state index contributed by atoms with van der Waals surface area (Å²) in [5.74, 6) is -1.08. The van der Waals surface area contributed by atoms with Crippen molar-refractivity contribution in [1.82, 2.24) is 15.1 Å². The summed E-state index contributed by atoms with van der Waals surface area (Å²) in [6.45, 7) is 1.92. The van der Waals surface area contributed by atoms with Crippen molar-refractivity contribution in [3.8, 4) is 5.69 Å². The fourth-order valence-electron chi connectivity index (χ4n) is 3.44. The number of aryl methyl sites for hydroxylation is 1. The molecule has 2 heterocycles. The van der Waals surface area contributed by atoms with Gasteiger partial charge in [0.25, 0.3) is 5.91 Å². The van der Waals surface area contributed by atoms with E-state index in [1.54, 1.807) is 0 Å². The minimum atomic E-state index is -0.878. The van der Waals surface area contributed by atoms with Crippen molar-refractivity contribution in [2.24, 2.45) is 0 Å². The van der Waals surface area contributed by atoms with Crippen LogP contribution in [0, 0.1) is 6.92 Å². The summed E-state index contributed by atoms with van der Waals surface area (Å²) in [5, 5.41) is 17.6. The van der Waals surface area contributed by atoms with Crippen molar-refractivity contribution >= 4 is 33.4 Å². The minimum absolute atomic E-state index is 0.0273. The lowest BCUT2D eigenvalue weighted by molar-refractivity contribution is -0.139. The summed E-state index contributed by atoms with van der Waals surface area (Å²) in [5.41, 5.74) is 1.21. The number of nitrogens with zero attached hydrogens (tertiary/aromatic N) is 2. The molecule has 1 amide bonds. The first kappa shape index (κ1) is 16.8. The Balaban J connectivity index is 1.65. The summed E-state index contributed by atoms with van der Waals surface area (Å²) >= 11 is 1.38. The third-order valence-corrected chi connectivity index (χ3v) is 6.06. The second-order valence-electron chi connectivity index (χ2n) is 6.82. The van der Waals surface area contributed by atoms with Crippen molar-refractivity contribution in [2.75, 3.05) is 0 Å². The maximum atomic E-state index is 12.7. The minimum Gasteiger partial charge on any atom is -0.481 e. The highest BCUT2D eigenvalue weighted by Crippen LogP contribution is 2.36. The number of carboxylic acid groups (broad SMARTS) is 1. The van der Waals surface area contributed by atoms with Gasteiger partial charge in [0.2, 0.25) is 0 Å². The third kappa shape index (κ3) is 2.88. The average Bonchev–Trinajstić information content (AvgIpc) is 3.14. The number of thiophene rings is 1. The summed E-state index contributed by atoms with van der Waals surface area (Å²) in [7, 11) is 0. The van der Waals surface area contributed by atoms with Crippen LogP contribution in [0.5, 0.6) is 0 Å². The number of aromatic nitrogens is 2. The van der Waals surface area contributed by atoms with Crippen LogP contribution in [0.4, 0.5) is 0 Å². The highest BCUT2D eigenvalue weighted by atomic mass is 32.1. The van der Waals surface area contributed by atoms with E-state index < -0.39 is 11.5 Å². The highest BCUT2D eigenvalue weighted by Gasteiger charge is 2.40. The number of amides is 1. The van der Waals surface area contributed by atoms with Crippen molar-refractivity contribution in [3.05, 3.63) is 47.0 Å². The fraction of sp³-hybridized carbons (Fsp3) is 0.316. The molecule has 0 spiro atoms. The van der Waals surface area contributed by atoms with E-state index in [1.165, 1.54) is 11.3 Å². The van der Waals surface area contributed by atoms with Gasteiger partial charge in [-0.05, 0) is 44.4 Å². The molecule has 3 aromatic rings. The normalized spacial score (nSPS) is 15.6. The van der Waals surface area contributed by atoms with Crippen LogP contribution in [0.2, 0.25) is 0 Å². The SMILES string of the molecule is Cc1nn(-c2ccccc2)c2sc(C(=O)NC3(CC(=O)O)CCC3)cc12. The molecular formula is C19H19N3O3S. The van der Waals surface area contributed by atoms with Gasteiger partial charge >= 0.3 is 5.97 Å². The summed E-state index contributed by atoms with van der Waals surface area (Å²) < 4.78 is 1.85. The van der Waals surface area contributed by atoms with Crippen LogP contribution in [0.1, 0.15) is 41.0 Å². The molecule has 134 valence electrons. The molecule has 0 atom stereocenters. The number of para-hydroxylation sites is 1. The number of aliphatic carboxylic acids is 1. The lowest BCUT2D eigenvalue weighted by Crippen LogP contribution is -2.54. The van der Waals surface area contributed by atoms with Gasteiger partial charge in [-0.15, -0.1) is 11.3 Å². The number of carbonyl (C=O) groups excluding carboxylic acids is 1. The van der Waals surface area contributed by atoms with Gasteiger partial charge in [-0.1, -0.05) is 18.2 Å². The Kier molecular flexibility index (Phi) is 4.03. The highest BCUT2D eigenvalue weighted by molar-refractivity contribution is 7.20. The van der Waals surface area contributed by atoms with Crippen LogP contribution < -0.4 is 5.32 Å².